The van der Waals surface area contributed by atoms with E-state index in [-0.39, 0.29) is 6.10 Å². The van der Waals surface area contributed by atoms with E-state index in [0.29, 0.717) is 0 Å². The van der Waals surface area contributed by atoms with Gasteiger partial charge in [0.05, 0.1) is 0 Å². The van der Waals surface area contributed by atoms with Crippen molar-refractivity contribution in [2.75, 3.05) is 13.1 Å². The summed E-state index contributed by atoms with van der Waals surface area (Å²) >= 11 is 0. The van der Waals surface area contributed by atoms with Gasteiger partial charge in [-0.15, -0.1) is 0 Å². The molecule has 84 valence electrons. The molecule has 0 radical (unpaired) electrons. The number of nitrogens with two attached hydrogens (primary N) is 1. The van der Waals surface area contributed by atoms with Crippen LogP contribution in [0.2, 0.25) is 0 Å². The zero-order chi connectivity index (χ0) is 11.1. The molecule has 0 spiro atoms. The summed E-state index contributed by atoms with van der Waals surface area (Å²) in [6, 6.07) is -1.13. The zero-order valence-electron chi connectivity index (χ0n) is 8.14. The predicted molar refractivity (Wildman–Crippen MR) is 52.5 cm³/mol. The summed E-state index contributed by atoms with van der Waals surface area (Å²) in [6.45, 7) is 1.68. The Kier molecular flexibility index (Phi) is 5.61. The van der Waals surface area contributed by atoms with Crippen molar-refractivity contribution in [3.63, 3.8) is 0 Å². The molecule has 1 aliphatic heterocycles. The molecule has 1 heterocycles. The summed E-state index contributed by atoms with van der Waals surface area (Å²) in [4.78, 5) is 20.5. The molecule has 1 saturated heterocycles. The van der Waals surface area contributed by atoms with Crippen LogP contribution in [0.3, 0.4) is 0 Å². The minimum absolute atomic E-state index is 0.0906. The third-order valence-corrected chi connectivity index (χ3v) is 2.38. The van der Waals surface area contributed by atoms with Crippen molar-refractivity contribution >= 4 is 13.9 Å². The molecule has 1 aliphatic rings. The standard InChI is InChI=1S/C8H13N2O4P/c9-7(5-15-12)8(11)14-13-6-1-3-10-4-2-6/h6-7,10H,1-4,9H2/t7-/m0/s1. The fourth-order valence-electron chi connectivity index (χ4n) is 1.17. The summed E-state index contributed by atoms with van der Waals surface area (Å²) < 4.78 is 10.1. The van der Waals surface area contributed by atoms with Gasteiger partial charge in [0.15, 0.2) is 0 Å². The van der Waals surface area contributed by atoms with E-state index in [1.54, 1.807) is 0 Å². The SMILES string of the molecule is N[C@@H](C#P=O)C(=O)OOC1CCNCC1. The van der Waals surface area contributed by atoms with Crippen LogP contribution in [0.1, 0.15) is 12.8 Å². The molecule has 0 amide bonds. The summed E-state index contributed by atoms with van der Waals surface area (Å²) in [5.74, 6) is -0.781. The van der Waals surface area contributed by atoms with Gasteiger partial charge in [0.1, 0.15) is 0 Å². The van der Waals surface area contributed by atoms with Gasteiger partial charge in [0, 0.05) is 0 Å². The summed E-state index contributed by atoms with van der Waals surface area (Å²) in [5.41, 5.74) is 7.42. The Morgan fingerprint density at radius 2 is 2.20 bits per heavy atom. The molecule has 6 nitrogen and oxygen atoms in total. The van der Waals surface area contributed by atoms with E-state index in [4.69, 9.17) is 10.6 Å². The van der Waals surface area contributed by atoms with Crippen LogP contribution in [0, 0.1) is 5.63 Å². The monoisotopic (exact) mass is 232 g/mol. The van der Waals surface area contributed by atoms with Gasteiger partial charge >= 0.3 is 87.8 Å². The molecule has 0 aromatic rings. The summed E-state index contributed by atoms with van der Waals surface area (Å²) in [7, 11) is -0.421. The fourth-order valence-corrected chi connectivity index (χ4v) is 1.39. The van der Waals surface area contributed by atoms with Gasteiger partial charge in [0.2, 0.25) is 0 Å². The number of rotatable bonds is 3. The molecule has 0 saturated carbocycles. The number of nitrogens with one attached hydrogen (secondary N) is 1. The topological polar surface area (TPSA) is 90.7 Å². The molecule has 7 heteroatoms. The number of hydrogen-bond acceptors (Lipinski definition) is 6. The van der Waals surface area contributed by atoms with Gasteiger partial charge in [-0.25, -0.2) is 0 Å². The Balaban J connectivity index is 2.25. The van der Waals surface area contributed by atoms with E-state index in [2.05, 4.69) is 15.8 Å². The van der Waals surface area contributed by atoms with Crippen LogP contribution in [0.5, 0.6) is 0 Å². The molecule has 3 N–H and O–H groups in total. The van der Waals surface area contributed by atoms with E-state index < -0.39 is 19.9 Å². The normalized spacial score (nSPS) is 19.0. The third-order valence-electron chi connectivity index (χ3n) is 2.00. The van der Waals surface area contributed by atoms with Crippen LogP contribution in [-0.2, 0) is 19.1 Å². The molecule has 15 heavy (non-hydrogen) atoms. The first-order valence-corrected chi connectivity index (χ1v) is 5.46. The molecule has 1 atom stereocenters. The second-order valence-electron chi connectivity index (χ2n) is 3.15. The van der Waals surface area contributed by atoms with Crippen molar-refractivity contribution in [3.05, 3.63) is 0 Å². The molecule has 0 aromatic heterocycles. The quantitative estimate of drug-likeness (QED) is 0.397. The Morgan fingerprint density at radius 3 is 2.80 bits per heavy atom. The third kappa shape index (κ3) is 4.60. The van der Waals surface area contributed by atoms with Gasteiger partial charge in [-0.3, -0.25) is 0 Å². The van der Waals surface area contributed by atoms with Crippen LogP contribution in [-0.4, -0.2) is 31.2 Å². The van der Waals surface area contributed by atoms with Gasteiger partial charge in [-0.2, -0.15) is 0 Å². The second kappa shape index (κ2) is 6.77. The van der Waals surface area contributed by atoms with Gasteiger partial charge < -0.3 is 0 Å². The van der Waals surface area contributed by atoms with Gasteiger partial charge in [-0.05, 0) is 0 Å². The average molecular weight is 232 g/mol. The zero-order valence-corrected chi connectivity index (χ0v) is 9.04. The Bertz CT molecular complexity index is 310. The maximum absolute atomic E-state index is 11.1. The summed E-state index contributed by atoms with van der Waals surface area (Å²) in [6.07, 6.45) is 1.48. The first-order chi connectivity index (χ1) is 7.24. The van der Waals surface area contributed by atoms with E-state index in [9.17, 15) is 9.36 Å². The molecule has 0 aliphatic carbocycles. The van der Waals surface area contributed by atoms with Crippen molar-refractivity contribution in [2.45, 2.75) is 25.0 Å². The van der Waals surface area contributed by atoms with Crippen LogP contribution in [0.25, 0.3) is 0 Å². The number of carbonyl (C=O) groups excluding carboxylic acids is 1. The Hall–Kier alpha value is -0.640. The predicted octanol–water partition coefficient (Wildman–Crippen LogP) is -0.209. The van der Waals surface area contributed by atoms with Crippen molar-refractivity contribution in [1.82, 2.24) is 5.32 Å². The molecule has 1 rings (SSSR count). The molecule has 0 bridgehead atoms. The van der Waals surface area contributed by atoms with E-state index in [1.807, 2.05) is 0 Å². The van der Waals surface area contributed by atoms with Crippen LogP contribution in [0.4, 0.5) is 0 Å². The van der Waals surface area contributed by atoms with Crippen molar-refractivity contribution in [2.24, 2.45) is 5.73 Å². The molecular weight excluding hydrogens is 219 g/mol. The van der Waals surface area contributed by atoms with E-state index in [0.717, 1.165) is 25.9 Å². The molecule has 1 fully saturated rings. The van der Waals surface area contributed by atoms with E-state index in [1.165, 1.54) is 0 Å². The maximum atomic E-state index is 11.1. The first kappa shape index (κ1) is 12.4. The molecule has 0 aromatic carbocycles. The number of carbonyl (C=O) groups is 1. The van der Waals surface area contributed by atoms with Crippen molar-refractivity contribution < 1.29 is 19.1 Å². The second-order valence-corrected chi connectivity index (χ2v) is 3.59. The van der Waals surface area contributed by atoms with Crippen LogP contribution in [0.15, 0.2) is 0 Å². The van der Waals surface area contributed by atoms with E-state index >= 15 is 0 Å². The van der Waals surface area contributed by atoms with Crippen molar-refractivity contribution in [1.29, 1.82) is 0 Å². The van der Waals surface area contributed by atoms with Crippen LogP contribution >= 0.6 is 7.92 Å². The fraction of sp³-hybridized carbons (Fsp3) is 0.750. The average Bonchev–Trinajstić information content (AvgIpc) is 2.27. The first-order valence-electron chi connectivity index (χ1n) is 4.65. The Morgan fingerprint density at radius 1 is 1.53 bits per heavy atom. The Labute approximate surface area is 88.5 Å². The molecule has 0 unspecified atom stereocenters. The number of hydrogen-bond donors (Lipinski definition) is 2. The van der Waals surface area contributed by atoms with Crippen LogP contribution < -0.4 is 11.1 Å². The van der Waals surface area contributed by atoms with Gasteiger partial charge in [0.25, 0.3) is 0 Å². The number of piperidine rings is 1. The van der Waals surface area contributed by atoms with Gasteiger partial charge in [-0.1, -0.05) is 0 Å². The summed E-state index contributed by atoms with van der Waals surface area (Å²) in [5, 5.41) is 3.15. The minimum atomic E-state index is -1.13. The van der Waals surface area contributed by atoms with Crippen molar-refractivity contribution in [3.8, 4) is 5.63 Å². The molecular formula is C8H13N2O4P.